The summed E-state index contributed by atoms with van der Waals surface area (Å²) in [5.41, 5.74) is -2.63. The number of carbonyl (C=O) groups is 2. The van der Waals surface area contributed by atoms with Gasteiger partial charge in [0.15, 0.2) is 5.60 Å². The Morgan fingerprint density at radius 2 is 1.76 bits per heavy atom. The van der Waals surface area contributed by atoms with Crippen molar-refractivity contribution in [3.63, 3.8) is 0 Å². The Bertz CT molecular complexity index is 1540. The highest BCUT2D eigenvalue weighted by molar-refractivity contribution is 7.89. The smallest absolute Gasteiger partial charge is 0.411 e. The van der Waals surface area contributed by atoms with Gasteiger partial charge in [-0.2, -0.15) is 4.72 Å². The molecule has 1 aliphatic rings. The first-order valence-corrected chi connectivity index (χ1v) is 14.3. The molecule has 4 rings (SSSR count). The normalized spacial score (nSPS) is 19.1. The number of carbonyl (C=O) groups excluding carboxylic acids is 1. The first kappa shape index (κ1) is 30.4. The van der Waals surface area contributed by atoms with Crippen molar-refractivity contribution in [3.05, 3.63) is 94.5 Å². The maximum atomic E-state index is 15.5. The Kier molecular flexibility index (Phi) is 8.69. The van der Waals surface area contributed by atoms with E-state index in [1.807, 2.05) is 0 Å². The molecule has 3 aromatic rings. The molecule has 13 heteroatoms. The summed E-state index contributed by atoms with van der Waals surface area (Å²) in [6.45, 7) is -0.189. The van der Waals surface area contributed by atoms with Crippen LogP contribution in [0.4, 0.5) is 19.3 Å². The lowest BCUT2D eigenvalue weighted by Crippen LogP contribution is -2.51. The van der Waals surface area contributed by atoms with Crippen LogP contribution in [0, 0.1) is 6.92 Å². The van der Waals surface area contributed by atoms with Gasteiger partial charge in [0, 0.05) is 23.6 Å². The number of fused-ring (bicyclic) bond motifs is 1. The molecule has 0 spiro atoms. The van der Waals surface area contributed by atoms with Crippen LogP contribution in [-0.2, 0) is 31.6 Å². The fourth-order valence-corrected chi connectivity index (χ4v) is 5.86. The molecule has 1 aliphatic heterocycles. The molecule has 3 N–H and O–H groups in total. The summed E-state index contributed by atoms with van der Waals surface area (Å²) < 4.78 is 64.6. The third kappa shape index (κ3) is 6.51. The molecule has 1 amide bonds. The largest absolute Gasteiger partial charge is 0.465 e. The van der Waals surface area contributed by atoms with Crippen LogP contribution in [0.2, 0.25) is 5.02 Å². The minimum absolute atomic E-state index is 0.0654. The molecule has 218 valence electrons. The molecular formula is C28H27ClF2N2O7S. The molecule has 0 bridgehead atoms. The van der Waals surface area contributed by atoms with Gasteiger partial charge in [0.25, 0.3) is 5.92 Å². The number of nitrogens with one attached hydrogen (secondary N) is 1. The summed E-state index contributed by atoms with van der Waals surface area (Å²) in [6, 6.07) is 16.1. The maximum Gasteiger partial charge on any atom is 0.411 e. The van der Waals surface area contributed by atoms with E-state index in [1.54, 1.807) is 49.4 Å². The average Bonchev–Trinajstić information content (AvgIpc) is 3.00. The van der Waals surface area contributed by atoms with E-state index in [2.05, 4.69) is 4.72 Å². The topological polar surface area (TPSA) is 133 Å². The molecule has 0 saturated heterocycles. The van der Waals surface area contributed by atoms with Gasteiger partial charge in [0.2, 0.25) is 10.0 Å². The number of carboxylic acid groups (broad SMARTS) is 1. The summed E-state index contributed by atoms with van der Waals surface area (Å²) >= 11 is 6.02. The first-order valence-electron chi connectivity index (χ1n) is 12.4. The van der Waals surface area contributed by atoms with Gasteiger partial charge < -0.3 is 14.9 Å². The van der Waals surface area contributed by atoms with Gasteiger partial charge in [-0.05, 0) is 49.2 Å². The van der Waals surface area contributed by atoms with Gasteiger partial charge in [-0.25, -0.2) is 22.0 Å². The van der Waals surface area contributed by atoms with Crippen LogP contribution in [0.3, 0.4) is 0 Å². The number of hydrogen-bond acceptors (Lipinski definition) is 6. The van der Waals surface area contributed by atoms with Crippen molar-refractivity contribution >= 4 is 39.4 Å². The predicted molar refractivity (Wildman–Crippen MR) is 147 cm³/mol. The van der Waals surface area contributed by atoms with E-state index >= 15 is 8.78 Å². The SMILES string of the molecule is Cc1ccc(S(=O)(=O)N[C@H](Cc2ccccc2)C(=O)OC[C@@]2(O)c3cc(Cl)ccc3N(C(=O)O)CCC2(F)F)cc1. The monoisotopic (exact) mass is 608 g/mol. The highest BCUT2D eigenvalue weighted by Gasteiger charge is 2.58. The van der Waals surface area contributed by atoms with Crippen molar-refractivity contribution in [1.29, 1.82) is 0 Å². The molecule has 0 unspecified atom stereocenters. The zero-order valence-electron chi connectivity index (χ0n) is 21.8. The van der Waals surface area contributed by atoms with Crippen LogP contribution in [0.5, 0.6) is 0 Å². The number of ether oxygens (including phenoxy) is 1. The number of sulfonamides is 1. The number of hydrogen-bond donors (Lipinski definition) is 3. The van der Waals surface area contributed by atoms with Crippen molar-refractivity contribution in [2.45, 2.75) is 42.2 Å². The zero-order chi connectivity index (χ0) is 30.0. The number of anilines is 1. The first-order chi connectivity index (χ1) is 19.2. The third-order valence-corrected chi connectivity index (χ3v) is 8.52. The van der Waals surface area contributed by atoms with Crippen LogP contribution in [0.25, 0.3) is 0 Å². The summed E-state index contributed by atoms with van der Waals surface area (Å²) in [5, 5.41) is 20.9. The molecule has 0 radical (unpaired) electrons. The second-order valence-electron chi connectivity index (χ2n) is 9.69. The van der Waals surface area contributed by atoms with Crippen LogP contribution in [0.15, 0.2) is 77.7 Å². The Morgan fingerprint density at radius 1 is 1.10 bits per heavy atom. The van der Waals surface area contributed by atoms with Crippen molar-refractivity contribution in [3.8, 4) is 0 Å². The lowest BCUT2D eigenvalue weighted by molar-refractivity contribution is -0.214. The number of aryl methyl sites for hydroxylation is 1. The Hall–Kier alpha value is -3.58. The van der Waals surface area contributed by atoms with Crippen LogP contribution >= 0.6 is 11.6 Å². The molecule has 2 atom stereocenters. The van der Waals surface area contributed by atoms with Gasteiger partial charge >= 0.3 is 12.1 Å². The number of nitrogens with zero attached hydrogens (tertiary/aromatic N) is 1. The fourth-order valence-electron chi connectivity index (χ4n) is 4.51. The van der Waals surface area contributed by atoms with E-state index in [-0.39, 0.29) is 22.0 Å². The van der Waals surface area contributed by atoms with Gasteiger partial charge in [-0.3, -0.25) is 9.69 Å². The van der Waals surface area contributed by atoms with E-state index in [4.69, 9.17) is 16.3 Å². The number of aliphatic hydroxyl groups is 1. The van der Waals surface area contributed by atoms with Crippen molar-refractivity contribution in [2.24, 2.45) is 0 Å². The molecule has 3 aromatic carbocycles. The molecule has 0 saturated carbocycles. The molecule has 0 fully saturated rings. The van der Waals surface area contributed by atoms with E-state index in [0.29, 0.717) is 10.5 Å². The number of rotatable bonds is 8. The van der Waals surface area contributed by atoms with E-state index < -0.39 is 64.8 Å². The molecular weight excluding hydrogens is 582 g/mol. The molecule has 9 nitrogen and oxygen atoms in total. The van der Waals surface area contributed by atoms with Crippen LogP contribution in [0.1, 0.15) is 23.1 Å². The van der Waals surface area contributed by atoms with Crippen molar-refractivity contribution in [2.75, 3.05) is 18.1 Å². The zero-order valence-corrected chi connectivity index (χ0v) is 23.3. The van der Waals surface area contributed by atoms with Gasteiger partial charge in [-0.1, -0.05) is 59.6 Å². The molecule has 0 aromatic heterocycles. The summed E-state index contributed by atoms with van der Waals surface area (Å²) in [5.74, 6) is -5.19. The number of benzene rings is 3. The van der Waals surface area contributed by atoms with E-state index in [1.165, 1.54) is 24.3 Å². The lowest BCUT2D eigenvalue weighted by Gasteiger charge is -2.35. The summed E-state index contributed by atoms with van der Waals surface area (Å²) in [4.78, 5) is 25.6. The van der Waals surface area contributed by atoms with Gasteiger partial charge in [-0.15, -0.1) is 0 Å². The average molecular weight is 609 g/mol. The fraction of sp³-hybridized carbons (Fsp3) is 0.286. The number of alkyl halides is 2. The quantitative estimate of drug-likeness (QED) is 0.321. The Balaban J connectivity index is 1.67. The van der Waals surface area contributed by atoms with Gasteiger partial charge in [0.05, 0.1) is 10.6 Å². The Labute approximate surface area is 240 Å². The number of esters is 1. The maximum absolute atomic E-state index is 15.5. The molecule has 1 heterocycles. The van der Waals surface area contributed by atoms with Crippen molar-refractivity contribution < 1.29 is 41.7 Å². The second-order valence-corrected chi connectivity index (χ2v) is 11.8. The lowest BCUT2D eigenvalue weighted by atomic mass is 9.86. The number of amides is 1. The highest BCUT2D eigenvalue weighted by atomic mass is 35.5. The minimum atomic E-state index is -4.25. The number of halogens is 3. The van der Waals surface area contributed by atoms with Crippen LogP contribution in [-0.4, -0.2) is 55.8 Å². The molecule has 0 aliphatic carbocycles. The van der Waals surface area contributed by atoms with Crippen molar-refractivity contribution in [1.82, 2.24) is 4.72 Å². The molecule has 41 heavy (non-hydrogen) atoms. The third-order valence-electron chi connectivity index (χ3n) is 6.80. The van der Waals surface area contributed by atoms with E-state index in [0.717, 1.165) is 11.6 Å². The second kappa shape index (κ2) is 11.7. The van der Waals surface area contributed by atoms with Gasteiger partial charge in [0.1, 0.15) is 12.6 Å². The minimum Gasteiger partial charge on any atom is -0.465 e. The highest BCUT2D eigenvalue weighted by Crippen LogP contribution is 2.47. The van der Waals surface area contributed by atoms with Crippen LogP contribution < -0.4 is 9.62 Å². The Morgan fingerprint density at radius 3 is 2.39 bits per heavy atom. The standard InChI is InChI=1S/C28H27ClF2N2O7S/c1-18-7-10-21(11-8-18)41(38,39)32-23(15-19-5-3-2-4-6-19)25(34)40-17-27(37)22-16-20(29)9-12-24(22)33(26(35)36)14-13-28(27,30)31/h2-12,16,23,32,37H,13-15,17H2,1H3,(H,35,36)/t23-,27-/m1/s1. The van der Waals surface area contributed by atoms with E-state index in [9.17, 15) is 28.2 Å². The summed E-state index contributed by atoms with van der Waals surface area (Å²) in [6.07, 6.45) is -2.80. The summed E-state index contributed by atoms with van der Waals surface area (Å²) in [7, 11) is -4.25. The predicted octanol–water partition coefficient (Wildman–Crippen LogP) is 4.49.